The van der Waals surface area contributed by atoms with Crippen LogP contribution in [0.2, 0.25) is 0 Å². The van der Waals surface area contributed by atoms with Crippen molar-refractivity contribution < 1.29 is 24.4 Å². The Labute approximate surface area is 236 Å². The number of aliphatic hydroxyl groups is 1. The van der Waals surface area contributed by atoms with Crippen molar-refractivity contribution in [3.63, 3.8) is 0 Å². The van der Waals surface area contributed by atoms with Crippen LogP contribution in [0, 0.1) is 6.92 Å². The molecule has 1 saturated heterocycles. The predicted molar refractivity (Wildman–Crippen MR) is 148 cm³/mol. The lowest BCUT2D eigenvalue weighted by atomic mass is 9.79. The summed E-state index contributed by atoms with van der Waals surface area (Å²) in [4.78, 5) is 35.7. The van der Waals surface area contributed by atoms with E-state index >= 15 is 0 Å². The summed E-state index contributed by atoms with van der Waals surface area (Å²) in [5.41, 5.74) is 13.5. The van der Waals surface area contributed by atoms with E-state index in [1.54, 1.807) is 30.0 Å². The molecule has 14 heteroatoms. The van der Waals surface area contributed by atoms with E-state index in [1.165, 1.54) is 0 Å². The molecule has 5 heterocycles. The van der Waals surface area contributed by atoms with Gasteiger partial charge in [0.05, 0.1) is 23.9 Å². The van der Waals surface area contributed by atoms with Crippen LogP contribution in [0.25, 0.3) is 0 Å². The SMILES string of the molecule is Cc1ccc(C(=O)NC[C@@H]2N=C(N)N3CC(NC(=O)c4cccc5c4OCCC5(C)C)[C@@H](O)[C@@]34NC(N)=[NH+][C@@H]24)nn1. The first kappa shape index (κ1) is 26.7. The number of fused-ring (bicyclic) bond motifs is 1. The van der Waals surface area contributed by atoms with Gasteiger partial charge in [0.15, 0.2) is 17.7 Å². The highest BCUT2D eigenvalue weighted by Crippen LogP contribution is 2.41. The molecule has 41 heavy (non-hydrogen) atoms. The molecule has 0 aliphatic carbocycles. The minimum absolute atomic E-state index is 0.0876. The minimum atomic E-state index is -1.21. The molecule has 4 aliphatic heterocycles. The van der Waals surface area contributed by atoms with Gasteiger partial charge in [-0.15, -0.1) is 5.10 Å². The summed E-state index contributed by atoms with van der Waals surface area (Å²) < 4.78 is 5.94. The molecule has 14 nitrogen and oxygen atoms in total. The number of hydrogen-bond acceptors (Lipinski definition) is 11. The van der Waals surface area contributed by atoms with Gasteiger partial charge in [-0.25, -0.2) is 10.3 Å². The van der Waals surface area contributed by atoms with E-state index in [1.807, 2.05) is 12.1 Å². The monoisotopic (exact) mass is 563 g/mol. The van der Waals surface area contributed by atoms with Gasteiger partial charge in [-0.3, -0.25) is 20.3 Å². The number of benzene rings is 1. The molecule has 0 radical (unpaired) electrons. The van der Waals surface area contributed by atoms with Crippen molar-refractivity contribution in [3.8, 4) is 5.75 Å². The number of amides is 2. The third-order valence-corrected chi connectivity index (χ3v) is 8.52. The number of aryl methyl sites for hydroxylation is 1. The Hall–Kier alpha value is -4.46. The molecule has 2 aromatic rings. The highest BCUT2D eigenvalue weighted by atomic mass is 16.5. The zero-order valence-corrected chi connectivity index (χ0v) is 23.1. The molecule has 1 fully saturated rings. The quantitative estimate of drug-likeness (QED) is 0.194. The van der Waals surface area contributed by atoms with E-state index < -0.39 is 35.8 Å². The third kappa shape index (κ3) is 4.29. The zero-order valence-electron chi connectivity index (χ0n) is 23.1. The van der Waals surface area contributed by atoms with E-state index in [0.29, 0.717) is 23.6 Å². The normalized spacial score (nSPS) is 29.1. The maximum Gasteiger partial charge on any atom is 0.343 e. The van der Waals surface area contributed by atoms with Crippen LogP contribution in [-0.4, -0.2) is 93.5 Å². The van der Waals surface area contributed by atoms with Gasteiger partial charge in [-0.1, -0.05) is 26.0 Å². The summed E-state index contributed by atoms with van der Waals surface area (Å²) in [5, 5.41) is 28.5. The Bertz CT molecular complexity index is 1460. The second-order valence-electron chi connectivity index (χ2n) is 11.6. The highest BCUT2D eigenvalue weighted by molar-refractivity contribution is 5.98. The molecule has 9 N–H and O–H groups in total. The van der Waals surface area contributed by atoms with Crippen molar-refractivity contribution >= 4 is 23.7 Å². The van der Waals surface area contributed by atoms with Crippen LogP contribution < -0.4 is 37.1 Å². The van der Waals surface area contributed by atoms with Crippen molar-refractivity contribution in [3.05, 3.63) is 52.8 Å². The topological polar surface area (TPSA) is 207 Å². The first-order chi connectivity index (χ1) is 19.5. The Morgan fingerprint density at radius 1 is 1.22 bits per heavy atom. The van der Waals surface area contributed by atoms with Gasteiger partial charge >= 0.3 is 5.96 Å². The molecule has 6 rings (SSSR count). The van der Waals surface area contributed by atoms with Gasteiger partial charge in [-0.05, 0) is 37.0 Å². The molecule has 1 aromatic carbocycles. The predicted octanol–water partition coefficient (Wildman–Crippen LogP) is -3.19. The van der Waals surface area contributed by atoms with Gasteiger partial charge in [0.2, 0.25) is 5.66 Å². The molecule has 1 unspecified atom stereocenters. The number of para-hydroxylation sites is 1. The standard InChI is InChI=1S/C27H34N10O4/c1-13-7-8-16(36-35-13)23(40)30-11-17-20-27(34-24(28)33-20)21(38)18(12-37(27)25(29)32-17)31-22(39)14-5-4-6-15-19(14)41-10-9-26(15,2)3/h4-8,17-18,20-21,38H,9-12H2,1-3H3,(H2,29,32)(H,30,40)(H,31,39)(H3,28,33,34)/p+1/t17-,18?,20-,21+,27-/m0/s1. The van der Waals surface area contributed by atoms with Crippen LogP contribution in [-0.2, 0) is 5.41 Å². The zero-order chi connectivity index (χ0) is 29.1. The fourth-order valence-electron chi connectivity index (χ4n) is 6.29. The van der Waals surface area contributed by atoms with E-state index in [2.05, 4.69) is 50.0 Å². The number of guanidine groups is 2. The summed E-state index contributed by atoms with van der Waals surface area (Å²) in [6.45, 7) is 6.82. The second-order valence-corrected chi connectivity index (χ2v) is 11.6. The number of nitrogens with zero attached hydrogens (tertiary/aromatic N) is 4. The maximum absolute atomic E-state index is 13.6. The Morgan fingerprint density at radius 2 is 2.02 bits per heavy atom. The molecule has 216 valence electrons. The fourth-order valence-corrected chi connectivity index (χ4v) is 6.29. The number of hydrogen-bond donors (Lipinski definition) is 7. The molecule has 5 atom stereocenters. The number of aliphatic hydroxyl groups excluding tert-OH is 1. The van der Waals surface area contributed by atoms with E-state index in [-0.39, 0.29) is 42.0 Å². The van der Waals surface area contributed by atoms with Crippen LogP contribution in [0.4, 0.5) is 0 Å². The van der Waals surface area contributed by atoms with Crippen molar-refractivity contribution in [2.75, 3.05) is 19.7 Å². The largest absolute Gasteiger partial charge is 0.492 e. The molecule has 1 spiro atoms. The van der Waals surface area contributed by atoms with Crippen molar-refractivity contribution in [2.45, 2.75) is 62.5 Å². The average molecular weight is 564 g/mol. The number of carbonyl (C=O) groups excluding carboxylic acids is 2. The third-order valence-electron chi connectivity index (χ3n) is 8.52. The van der Waals surface area contributed by atoms with E-state index in [9.17, 15) is 14.7 Å². The summed E-state index contributed by atoms with van der Waals surface area (Å²) in [5.74, 6) is 0.162. The average Bonchev–Trinajstić information content (AvgIpc) is 3.43. The van der Waals surface area contributed by atoms with E-state index in [4.69, 9.17) is 16.2 Å². The van der Waals surface area contributed by atoms with E-state index in [0.717, 1.165) is 12.0 Å². The van der Waals surface area contributed by atoms with Gasteiger partial charge in [-0.2, -0.15) is 5.10 Å². The summed E-state index contributed by atoms with van der Waals surface area (Å²) in [7, 11) is 0. The van der Waals surface area contributed by atoms with Crippen LogP contribution in [0.15, 0.2) is 35.3 Å². The van der Waals surface area contributed by atoms with Crippen LogP contribution in [0.3, 0.4) is 0 Å². The van der Waals surface area contributed by atoms with Crippen LogP contribution in [0.5, 0.6) is 5.75 Å². The minimum Gasteiger partial charge on any atom is -0.492 e. The summed E-state index contributed by atoms with van der Waals surface area (Å²) in [6.07, 6.45) is -0.294. The molecular weight excluding hydrogens is 528 g/mol. The van der Waals surface area contributed by atoms with Crippen LogP contribution >= 0.6 is 0 Å². The molecule has 0 saturated carbocycles. The highest BCUT2D eigenvalue weighted by Gasteiger charge is 2.68. The molecule has 2 amide bonds. The molecule has 4 aliphatic rings. The first-order valence-corrected chi connectivity index (χ1v) is 13.6. The number of aliphatic imine (C=N–C) groups is 1. The second kappa shape index (κ2) is 9.58. The van der Waals surface area contributed by atoms with Crippen molar-refractivity contribution in [1.29, 1.82) is 0 Å². The van der Waals surface area contributed by atoms with Gasteiger partial charge in [0.1, 0.15) is 17.9 Å². The maximum atomic E-state index is 13.6. The lowest BCUT2D eigenvalue weighted by Gasteiger charge is -2.43. The van der Waals surface area contributed by atoms with Gasteiger partial charge < -0.3 is 31.1 Å². The smallest absolute Gasteiger partial charge is 0.343 e. The molecular formula is C27H35N10O4+. The number of rotatable bonds is 5. The number of aromatic nitrogens is 2. The lowest BCUT2D eigenvalue weighted by molar-refractivity contribution is -0.513. The lowest BCUT2D eigenvalue weighted by Crippen LogP contribution is -2.88. The Balaban J connectivity index is 1.22. The summed E-state index contributed by atoms with van der Waals surface area (Å²) >= 11 is 0. The summed E-state index contributed by atoms with van der Waals surface area (Å²) in [6, 6.07) is 6.94. The number of nitrogens with one attached hydrogen (secondary N) is 4. The molecule has 1 aromatic heterocycles. The molecule has 0 bridgehead atoms. The van der Waals surface area contributed by atoms with Crippen molar-refractivity contribution in [1.82, 2.24) is 31.0 Å². The first-order valence-electron chi connectivity index (χ1n) is 13.6. The number of nitrogens with two attached hydrogens (primary N) is 2. The Kier molecular flexibility index (Phi) is 6.25. The van der Waals surface area contributed by atoms with Gasteiger partial charge in [0, 0.05) is 18.7 Å². The van der Waals surface area contributed by atoms with Gasteiger partial charge in [0.25, 0.3) is 11.8 Å². The van der Waals surface area contributed by atoms with Crippen LogP contribution in [0.1, 0.15) is 52.4 Å². The number of ether oxygens (including phenoxy) is 1. The fraction of sp³-hybridized carbons (Fsp3) is 0.481. The van der Waals surface area contributed by atoms with Crippen molar-refractivity contribution in [2.24, 2.45) is 16.5 Å². The Morgan fingerprint density at radius 3 is 2.78 bits per heavy atom. The number of carbonyl (C=O) groups is 2.